The lowest BCUT2D eigenvalue weighted by Gasteiger charge is -2.23. The molecule has 7 heteroatoms. The Labute approximate surface area is 146 Å². The largest absolute Gasteiger partial charge is 0.451 e. The molecule has 1 aromatic heterocycles. The van der Waals surface area contributed by atoms with E-state index < -0.39 is 18.5 Å². The van der Waals surface area contributed by atoms with E-state index in [-0.39, 0.29) is 23.7 Å². The van der Waals surface area contributed by atoms with Gasteiger partial charge < -0.3 is 19.9 Å². The Morgan fingerprint density at radius 3 is 2.52 bits per heavy atom. The molecule has 0 saturated carbocycles. The molecule has 0 radical (unpaired) electrons. The zero-order valence-electron chi connectivity index (χ0n) is 14.9. The molecule has 0 aliphatic carbocycles. The molecular weight excluding hydrogens is 322 g/mol. The number of nitrogens with zero attached hydrogens (tertiary/aromatic N) is 1. The number of hydrogen-bond acceptors (Lipinski definition) is 4. The Kier molecular flexibility index (Phi) is 5.46. The van der Waals surface area contributed by atoms with E-state index in [1.807, 2.05) is 45.0 Å². The van der Waals surface area contributed by atoms with E-state index in [4.69, 9.17) is 4.74 Å². The van der Waals surface area contributed by atoms with Gasteiger partial charge in [-0.25, -0.2) is 4.79 Å². The smallest absolute Gasteiger partial charge is 0.355 e. The maximum absolute atomic E-state index is 12.0. The molecule has 0 unspecified atom stereocenters. The second kappa shape index (κ2) is 7.38. The molecule has 2 amide bonds. The third-order valence-electron chi connectivity index (χ3n) is 3.40. The summed E-state index contributed by atoms with van der Waals surface area (Å²) < 4.78 is 5.03. The fourth-order valence-corrected chi connectivity index (χ4v) is 2.26. The van der Waals surface area contributed by atoms with Crippen molar-refractivity contribution in [1.82, 2.24) is 15.2 Å². The second-order valence-electron chi connectivity index (χ2n) is 6.89. The molecule has 7 nitrogen and oxygen atoms in total. The minimum absolute atomic E-state index is 0.0972. The molecule has 0 atom stereocenters. The second-order valence-corrected chi connectivity index (χ2v) is 6.89. The monoisotopic (exact) mass is 345 g/mol. The van der Waals surface area contributed by atoms with Crippen LogP contribution < -0.4 is 5.32 Å². The number of aromatic nitrogens is 1. The summed E-state index contributed by atoms with van der Waals surface area (Å²) >= 11 is 0. The number of carbonyl (C=O) groups excluding carboxylic acids is 3. The molecular formula is C18H23N3O4. The van der Waals surface area contributed by atoms with Crippen LogP contribution in [-0.4, -0.2) is 53.4 Å². The minimum Gasteiger partial charge on any atom is -0.451 e. The van der Waals surface area contributed by atoms with Crippen LogP contribution in [-0.2, 0) is 14.3 Å². The van der Waals surface area contributed by atoms with Crippen molar-refractivity contribution >= 4 is 28.7 Å². The molecule has 0 aliphatic rings. The van der Waals surface area contributed by atoms with Crippen molar-refractivity contribution < 1.29 is 19.1 Å². The minimum atomic E-state index is -0.614. The highest BCUT2D eigenvalue weighted by Crippen LogP contribution is 2.15. The Hall–Kier alpha value is -2.83. The number of esters is 1. The van der Waals surface area contributed by atoms with Gasteiger partial charge in [0.15, 0.2) is 6.61 Å². The number of amides is 2. The maximum Gasteiger partial charge on any atom is 0.355 e. The van der Waals surface area contributed by atoms with Gasteiger partial charge in [-0.3, -0.25) is 9.59 Å². The summed E-state index contributed by atoms with van der Waals surface area (Å²) in [5.74, 6) is -1.34. The first-order valence-electron chi connectivity index (χ1n) is 7.95. The van der Waals surface area contributed by atoms with Crippen LogP contribution >= 0.6 is 0 Å². The van der Waals surface area contributed by atoms with Gasteiger partial charge in [0.25, 0.3) is 5.91 Å². The zero-order valence-corrected chi connectivity index (χ0v) is 14.9. The molecule has 0 saturated heterocycles. The number of fused-ring (bicyclic) bond motifs is 1. The predicted octanol–water partition coefficient (Wildman–Crippen LogP) is 1.70. The van der Waals surface area contributed by atoms with Crippen molar-refractivity contribution in [2.24, 2.45) is 0 Å². The number of H-pyrrole nitrogens is 1. The average Bonchev–Trinajstić information content (AvgIpc) is 2.94. The van der Waals surface area contributed by atoms with Crippen molar-refractivity contribution in [2.75, 3.05) is 20.2 Å². The van der Waals surface area contributed by atoms with Crippen LogP contribution in [0.5, 0.6) is 0 Å². The fourth-order valence-electron chi connectivity index (χ4n) is 2.26. The number of nitrogens with one attached hydrogen (secondary N) is 2. The van der Waals surface area contributed by atoms with E-state index in [9.17, 15) is 14.4 Å². The molecule has 0 spiro atoms. The van der Waals surface area contributed by atoms with Gasteiger partial charge in [-0.05, 0) is 32.9 Å². The predicted molar refractivity (Wildman–Crippen MR) is 94.1 cm³/mol. The van der Waals surface area contributed by atoms with Crippen LogP contribution in [0.15, 0.2) is 30.3 Å². The van der Waals surface area contributed by atoms with Crippen LogP contribution in [0.4, 0.5) is 0 Å². The molecule has 134 valence electrons. The Bertz CT molecular complexity index is 756. The molecule has 0 bridgehead atoms. The van der Waals surface area contributed by atoms with Crippen molar-refractivity contribution in [3.05, 3.63) is 36.0 Å². The van der Waals surface area contributed by atoms with E-state index in [2.05, 4.69) is 10.3 Å². The number of rotatable bonds is 5. The molecule has 2 aromatic rings. The summed E-state index contributed by atoms with van der Waals surface area (Å²) in [6.07, 6.45) is 0. The first kappa shape index (κ1) is 18.5. The van der Waals surface area contributed by atoms with Gasteiger partial charge in [-0.15, -0.1) is 0 Å². The van der Waals surface area contributed by atoms with E-state index >= 15 is 0 Å². The highest BCUT2D eigenvalue weighted by Gasteiger charge is 2.19. The van der Waals surface area contributed by atoms with Crippen LogP contribution in [0.2, 0.25) is 0 Å². The van der Waals surface area contributed by atoms with Gasteiger partial charge in [-0.1, -0.05) is 18.2 Å². The quantitative estimate of drug-likeness (QED) is 0.807. The zero-order chi connectivity index (χ0) is 18.6. The number of carbonyl (C=O) groups is 3. The topological polar surface area (TPSA) is 91.5 Å². The van der Waals surface area contributed by atoms with Crippen LogP contribution in [0.3, 0.4) is 0 Å². The SMILES string of the molecule is CN(CC(=O)NC(C)(C)C)C(=O)COC(=O)c1cc2ccccc2[nH]1. The lowest BCUT2D eigenvalue weighted by Crippen LogP contribution is -2.46. The Morgan fingerprint density at radius 2 is 1.88 bits per heavy atom. The summed E-state index contributed by atoms with van der Waals surface area (Å²) in [6.45, 7) is 5.05. The first-order chi connectivity index (χ1) is 11.7. The lowest BCUT2D eigenvalue weighted by molar-refractivity contribution is -0.137. The average molecular weight is 345 g/mol. The summed E-state index contributed by atoms with van der Waals surface area (Å²) in [7, 11) is 1.49. The first-order valence-corrected chi connectivity index (χ1v) is 7.95. The number of hydrogen-bond donors (Lipinski definition) is 2. The number of para-hydroxylation sites is 1. The lowest BCUT2D eigenvalue weighted by atomic mass is 10.1. The number of benzene rings is 1. The normalized spacial score (nSPS) is 11.2. The maximum atomic E-state index is 12.0. The number of ether oxygens (including phenoxy) is 1. The molecule has 0 aliphatic heterocycles. The summed E-state index contributed by atoms with van der Waals surface area (Å²) in [6, 6.07) is 9.11. The van der Waals surface area contributed by atoms with E-state index in [1.165, 1.54) is 11.9 Å². The van der Waals surface area contributed by atoms with E-state index in [0.717, 1.165) is 10.9 Å². The molecule has 2 rings (SSSR count). The molecule has 2 N–H and O–H groups in total. The molecule has 25 heavy (non-hydrogen) atoms. The van der Waals surface area contributed by atoms with Crippen LogP contribution in [0, 0.1) is 0 Å². The van der Waals surface area contributed by atoms with E-state index in [1.54, 1.807) is 6.07 Å². The number of aromatic amines is 1. The summed E-state index contributed by atoms with van der Waals surface area (Å²) in [5.41, 5.74) is 0.724. The third kappa shape index (κ3) is 5.34. The van der Waals surface area contributed by atoms with Gasteiger partial charge in [0.05, 0.1) is 6.54 Å². The third-order valence-corrected chi connectivity index (χ3v) is 3.40. The molecule has 1 aromatic carbocycles. The van der Waals surface area contributed by atoms with Gasteiger partial charge in [0, 0.05) is 23.5 Å². The molecule has 1 heterocycles. The van der Waals surface area contributed by atoms with Crippen LogP contribution in [0.1, 0.15) is 31.3 Å². The summed E-state index contributed by atoms with van der Waals surface area (Å²) in [4.78, 5) is 40.0. The van der Waals surface area contributed by atoms with Gasteiger partial charge >= 0.3 is 5.97 Å². The van der Waals surface area contributed by atoms with Crippen molar-refractivity contribution in [1.29, 1.82) is 0 Å². The molecule has 0 fully saturated rings. The van der Waals surface area contributed by atoms with Gasteiger partial charge in [-0.2, -0.15) is 0 Å². The number of likely N-dealkylation sites (N-methyl/N-ethyl adjacent to an activating group) is 1. The standard InChI is InChI=1S/C18H23N3O4/c1-18(2,3)20-15(22)10-21(4)16(23)11-25-17(24)14-9-12-7-5-6-8-13(12)19-14/h5-9,19H,10-11H2,1-4H3,(H,20,22). The Morgan fingerprint density at radius 1 is 1.20 bits per heavy atom. The van der Waals surface area contributed by atoms with Gasteiger partial charge in [0.2, 0.25) is 5.91 Å². The van der Waals surface area contributed by atoms with Crippen molar-refractivity contribution in [2.45, 2.75) is 26.3 Å². The highest BCUT2D eigenvalue weighted by atomic mass is 16.5. The van der Waals surface area contributed by atoms with Crippen LogP contribution in [0.25, 0.3) is 10.9 Å². The fraction of sp³-hybridized carbons (Fsp3) is 0.389. The van der Waals surface area contributed by atoms with Crippen molar-refractivity contribution in [3.8, 4) is 0 Å². The van der Waals surface area contributed by atoms with E-state index in [0.29, 0.717) is 0 Å². The summed E-state index contributed by atoms with van der Waals surface area (Å²) in [5, 5.41) is 3.65. The Balaban J connectivity index is 1.86. The highest BCUT2D eigenvalue weighted by molar-refractivity contribution is 5.96. The van der Waals surface area contributed by atoms with Crippen molar-refractivity contribution in [3.63, 3.8) is 0 Å². The van der Waals surface area contributed by atoms with Gasteiger partial charge in [0.1, 0.15) is 5.69 Å².